The van der Waals surface area contributed by atoms with Gasteiger partial charge in [-0.15, -0.1) is 0 Å². The molecule has 3 rings (SSSR count). The third kappa shape index (κ3) is 6.05. The van der Waals surface area contributed by atoms with Gasteiger partial charge in [-0.3, -0.25) is 4.84 Å². The van der Waals surface area contributed by atoms with Crippen molar-refractivity contribution in [3.05, 3.63) is 66.3 Å². The first-order valence-corrected chi connectivity index (χ1v) is 11.2. The van der Waals surface area contributed by atoms with Gasteiger partial charge < -0.3 is 9.67 Å². The predicted molar refractivity (Wildman–Crippen MR) is 121 cm³/mol. The van der Waals surface area contributed by atoms with E-state index >= 15 is 0 Å². The summed E-state index contributed by atoms with van der Waals surface area (Å²) in [5.41, 5.74) is 2.01. The highest BCUT2D eigenvalue weighted by Crippen LogP contribution is 2.39. The van der Waals surface area contributed by atoms with Crippen LogP contribution >= 0.6 is 0 Å². The van der Waals surface area contributed by atoms with Gasteiger partial charge in [-0.2, -0.15) is 0 Å². The summed E-state index contributed by atoms with van der Waals surface area (Å²) in [5.74, 6) is 4.79. The fraction of sp³-hybridized carbons (Fsp3) is 0.520. The number of allylic oxidation sites excluding steroid dienone is 2. The van der Waals surface area contributed by atoms with Crippen LogP contribution < -0.4 is 5.90 Å². The molecule has 3 N–H and O–H groups in total. The molecule has 1 saturated carbocycles. The highest BCUT2D eigenvalue weighted by atomic mass is 16.6. The zero-order valence-electron chi connectivity index (χ0n) is 18.6. The van der Waals surface area contributed by atoms with Crippen LogP contribution in [0.25, 0.3) is 0 Å². The number of aliphatic carboxylic acids is 1. The van der Waals surface area contributed by atoms with Gasteiger partial charge in [0.2, 0.25) is 0 Å². The number of benzene rings is 1. The average molecular weight is 426 g/mol. The first-order chi connectivity index (χ1) is 14.9. The van der Waals surface area contributed by atoms with E-state index < -0.39 is 17.5 Å². The number of hydrogen-bond acceptors (Lipinski definition) is 4. The van der Waals surface area contributed by atoms with Gasteiger partial charge in [0, 0.05) is 17.8 Å². The van der Waals surface area contributed by atoms with Crippen molar-refractivity contribution in [3.63, 3.8) is 0 Å². The number of carboxylic acids is 1. The molecule has 0 amide bonds. The summed E-state index contributed by atoms with van der Waals surface area (Å²) in [6, 6.07) is 10.7. The molecule has 2 aromatic rings. The standard InChI is InChI=1S/C25H35N3O3/c1-25(2,23(31-26)24(29)30)14-13-21(20-11-7-4-8-12-20)22(28-16-15-27-18-28)17-19-9-5-3-6-10-19/h3,5-6,9-10,13,15-16,18,20,22-23H,4,7-8,11-12,14,17,26H2,1-2H3,(H,29,30)/b21-13-. The average Bonchev–Trinajstić information content (AvgIpc) is 3.29. The van der Waals surface area contributed by atoms with Gasteiger partial charge in [-0.25, -0.2) is 15.7 Å². The summed E-state index contributed by atoms with van der Waals surface area (Å²) < 4.78 is 2.19. The molecule has 0 aliphatic heterocycles. The Morgan fingerprint density at radius 3 is 2.58 bits per heavy atom. The minimum Gasteiger partial charge on any atom is -0.479 e. The van der Waals surface area contributed by atoms with Crippen LogP contribution in [-0.4, -0.2) is 26.7 Å². The van der Waals surface area contributed by atoms with E-state index in [0.717, 1.165) is 6.42 Å². The van der Waals surface area contributed by atoms with E-state index in [-0.39, 0.29) is 6.04 Å². The Morgan fingerprint density at radius 2 is 2.00 bits per heavy atom. The molecule has 0 radical (unpaired) electrons. The molecule has 0 spiro atoms. The SMILES string of the molecule is CC(C)(C/C=C(/C1CCCCC1)C(Cc1ccccc1)n1ccnc1)C(ON)C(=O)O. The second kappa shape index (κ2) is 10.7. The molecule has 1 heterocycles. The first kappa shape index (κ1) is 23.2. The van der Waals surface area contributed by atoms with Crippen LogP contribution in [0.5, 0.6) is 0 Å². The molecule has 1 fully saturated rings. The van der Waals surface area contributed by atoms with E-state index in [2.05, 4.69) is 39.9 Å². The van der Waals surface area contributed by atoms with E-state index in [1.54, 1.807) is 0 Å². The van der Waals surface area contributed by atoms with Gasteiger partial charge >= 0.3 is 5.97 Å². The molecule has 1 aromatic carbocycles. The Kier molecular flexibility index (Phi) is 8.04. The van der Waals surface area contributed by atoms with E-state index in [9.17, 15) is 9.90 Å². The second-order valence-electron chi connectivity index (χ2n) is 9.30. The van der Waals surface area contributed by atoms with Crippen molar-refractivity contribution < 1.29 is 14.7 Å². The van der Waals surface area contributed by atoms with Crippen LogP contribution in [0.15, 0.2) is 60.7 Å². The molecule has 6 nitrogen and oxygen atoms in total. The quantitative estimate of drug-likeness (QED) is 0.416. The van der Waals surface area contributed by atoms with Crippen molar-refractivity contribution in [2.24, 2.45) is 17.2 Å². The molecule has 6 heteroatoms. The number of imidazole rings is 1. The van der Waals surface area contributed by atoms with E-state index in [1.807, 2.05) is 38.6 Å². The number of hydrogen-bond donors (Lipinski definition) is 2. The lowest BCUT2D eigenvalue weighted by molar-refractivity contribution is -0.159. The largest absolute Gasteiger partial charge is 0.479 e. The maximum absolute atomic E-state index is 11.6. The molecule has 1 aliphatic carbocycles. The summed E-state index contributed by atoms with van der Waals surface area (Å²) >= 11 is 0. The molecule has 168 valence electrons. The number of carbonyl (C=O) groups is 1. The third-order valence-electron chi connectivity index (χ3n) is 6.55. The number of nitrogens with zero attached hydrogens (tertiary/aromatic N) is 2. The predicted octanol–water partition coefficient (Wildman–Crippen LogP) is 4.93. The first-order valence-electron chi connectivity index (χ1n) is 11.2. The van der Waals surface area contributed by atoms with Gasteiger partial charge in [-0.05, 0) is 42.7 Å². The summed E-state index contributed by atoms with van der Waals surface area (Å²) in [5, 5.41) is 9.54. The Bertz CT molecular complexity index is 840. The van der Waals surface area contributed by atoms with Gasteiger partial charge in [-0.1, -0.05) is 69.5 Å². The van der Waals surface area contributed by atoms with E-state index in [1.165, 1.54) is 43.2 Å². The molecular formula is C25H35N3O3. The lowest BCUT2D eigenvalue weighted by Gasteiger charge is -2.33. The van der Waals surface area contributed by atoms with Crippen LogP contribution in [0.2, 0.25) is 0 Å². The van der Waals surface area contributed by atoms with E-state index in [4.69, 9.17) is 10.7 Å². The third-order valence-corrected chi connectivity index (χ3v) is 6.55. The Balaban J connectivity index is 1.96. The fourth-order valence-corrected chi connectivity index (χ4v) is 4.76. The molecule has 1 aliphatic rings. The summed E-state index contributed by atoms with van der Waals surface area (Å²) in [6.07, 6.45) is 14.5. The van der Waals surface area contributed by atoms with Gasteiger partial charge in [0.25, 0.3) is 0 Å². The lowest BCUT2D eigenvalue weighted by Crippen LogP contribution is -2.40. The number of carboxylic acid groups (broad SMARTS) is 1. The Labute approximate surface area is 185 Å². The second-order valence-corrected chi connectivity index (χ2v) is 9.30. The minimum absolute atomic E-state index is 0.144. The summed E-state index contributed by atoms with van der Waals surface area (Å²) in [4.78, 5) is 20.8. The van der Waals surface area contributed by atoms with Crippen molar-refractivity contribution in [1.29, 1.82) is 0 Å². The zero-order chi connectivity index (χ0) is 22.3. The number of rotatable bonds is 10. The molecule has 31 heavy (non-hydrogen) atoms. The van der Waals surface area contributed by atoms with Crippen molar-refractivity contribution in [3.8, 4) is 0 Å². The number of nitrogens with two attached hydrogens (primary N) is 1. The summed E-state index contributed by atoms with van der Waals surface area (Å²) in [6.45, 7) is 3.80. The normalized spacial score (nSPS) is 18.0. The topological polar surface area (TPSA) is 90.4 Å². The Morgan fingerprint density at radius 1 is 1.29 bits per heavy atom. The van der Waals surface area contributed by atoms with Gasteiger partial charge in [0.1, 0.15) is 0 Å². The molecule has 2 unspecified atom stereocenters. The van der Waals surface area contributed by atoms with Crippen LogP contribution in [-0.2, 0) is 16.1 Å². The smallest absolute Gasteiger partial charge is 0.335 e. The van der Waals surface area contributed by atoms with Crippen LogP contribution in [0.1, 0.15) is 64.0 Å². The molecule has 2 atom stereocenters. The molecule has 1 aromatic heterocycles. The number of aromatic nitrogens is 2. The molecular weight excluding hydrogens is 390 g/mol. The van der Waals surface area contributed by atoms with Gasteiger partial charge in [0.05, 0.1) is 12.4 Å². The molecule has 0 saturated heterocycles. The van der Waals surface area contributed by atoms with Gasteiger partial charge in [0.15, 0.2) is 6.10 Å². The highest BCUT2D eigenvalue weighted by Gasteiger charge is 2.36. The van der Waals surface area contributed by atoms with Crippen molar-refractivity contribution in [2.75, 3.05) is 0 Å². The maximum Gasteiger partial charge on any atom is 0.335 e. The lowest BCUT2D eigenvalue weighted by atomic mass is 9.76. The highest BCUT2D eigenvalue weighted by molar-refractivity contribution is 5.73. The fourth-order valence-electron chi connectivity index (χ4n) is 4.76. The zero-order valence-corrected chi connectivity index (χ0v) is 18.6. The Hall–Kier alpha value is -2.44. The van der Waals surface area contributed by atoms with Crippen LogP contribution in [0.4, 0.5) is 0 Å². The monoisotopic (exact) mass is 425 g/mol. The van der Waals surface area contributed by atoms with Crippen molar-refractivity contribution in [2.45, 2.75) is 70.9 Å². The van der Waals surface area contributed by atoms with Crippen LogP contribution in [0, 0.1) is 11.3 Å². The van der Waals surface area contributed by atoms with Crippen LogP contribution in [0.3, 0.4) is 0 Å². The minimum atomic E-state index is -1.06. The van der Waals surface area contributed by atoms with E-state index in [0.29, 0.717) is 12.3 Å². The molecule has 0 bridgehead atoms. The maximum atomic E-state index is 11.6. The van der Waals surface area contributed by atoms with Crippen molar-refractivity contribution in [1.82, 2.24) is 9.55 Å². The summed E-state index contributed by atoms with van der Waals surface area (Å²) in [7, 11) is 0. The van der Waals surface area contributed by atoms with Crippen molar-refractivity contribution >= 4 is 5.97 Å².